The molecule has 0 bridgehead atoms. The molecule has 0 atom stereocenters. The third-order valence-corrected chi connectivity index (χ3v) is 2.22. The van der Waals surface area contributed by atoms with E-state index in [9.17, 15) is 13.6 Å². The van der Waals surface area contributed by atoms with E-state index in [1.54, 1.807) is 0 Å². The van der Waals surface area contributed by atoms with E-state index < -0.39 is 12.0 Å². The standard InChI is InChI=1S/C8H3Cl2F2NO/c9-4-1-2-5(13-3-14)7(10)6(4)8(11)12/h1-2,8H. The molecule has 0 spiro atoms. The van der Waals surface area contributed by atoms with Crippen molar-refractivity contribution in [2.45, 2.75) is 6.43 Å². The minimum atomic E-state index is -2.81. The predicted molar refractivity (Wildman–Crippen MR) is 49.2 cm³/mol. The number of carbonyl (C=O) groups excluding carboxylic acids is 1. The lowest BCUT2D eigenvalue weighted by atomic mass is 10.2. The average Bonchev–Trinajstić information content (AvgIpc) is 2.10. The highest BCUT2D eigenvalue weighted by Gasteiger charge is 2.18. The lowest BCUT2D eigenvalue weighted by Crippen LogP contribution is -1.88. The number of alkyl halides is 2. The summed E-state index contributed by atoms with van der Waals surface area (Å²) >= 11 is 11.0. The van der Waals surface area contributed by atoms with Crippen molar-refractivity contribution in [3.05, 3.63) is 27.7 Å². The Balaban J connectivity index is 3.40. The average molecular weight is 238 g/mol. The highest BCUT2D eigenvalue weighted by molar-refractivity contribution is 6.37. The monoisotopic (exact) mass is 237 g/mol. The van der Waals surface area contributed by atoms with Crippen LogP contribution in [-0.2, 0) is 4.79 Å². The van der Waals surface area contributed by atoms with E-state index in [2.05, 4.69) is 4.99 Å². The molecule has 74 valence electrons. The Hall–Kier alpha value is -0.960. The molecular weight excluding hydrogens is 235 g/mol. The number of benzene rings is 1. The van der Waals surface area contributed by atoms with Crippen molar-refractivity contribution in [1.82, 2.24) is 0 Å². The molecule has 2 nitrogen and oxygen atoms in total. The molecule has 0 saturated heterocycles. The number of nitrogens with zero attached hydrogens (tertiary/aromatic N) is 1. The molecule has 0 radical (unpaired) electrons. The van der Waals surface area contributed by atoms with Crippen LogP contribution in [0, 0.1) is 0 Å². The number of hydrogen-bond donors (Lipinski definition) is 0. The lowest BCUT2D eigenvalue weighted by Gasteiger charge is -2.06. The molecule has 6 heteroatoms. The smallest absolute Gasteiger partial charge is 0.211 e. The van der Waals surface area contributed by atoms with E-state index in [0.29, 0.717) is 0 Å². The summed E-state index contributed by atoms with van der Waals surface area (Å²) in [4.78, 5) is 13.1. The van der Waals surface area contributed by atoms with Crippen molar-refractivity contribution in [3.8, 4) is 0 Å². The van der Waals surface area contributed by atoms with Crippen molar-refractivity contribution in [2.75, 3.05) is 0 Å². The summed E-state index contributed by atoms with van der Waals surface area (Å²) in [7, 11) is 0. The molecular formula is C8H3Cl2F2NO. The molecule has 1 rings (SSSR count). The van der Waals surface area contributed by atoms with E-state index in [4.69, 9.17) is 23.2 Å². The van der Waals surface area contributed by atoms with Crippen LogP contribution in [0.5, 0.6) is 0 Å². The Kier molecular flexibility index (Phi) is 3.58. The summed E-state index contributed by atoms with van der Waals surface area (Å²) in [5, 5.41) is -0.481. The maximum absolute atomic E-state index is 12.4. The zero-order valence-electron chi connectivity index (χ0n) is 6.60. The second-order valence-electron chi connectivity index (χ2n) is 2.30. The molecule has 0 N–H and O–H groups in total. The molecule has 1 aromatic rings. The summed E-state index contributed by atoms with van der Waals surface area (Å²) in [6.07, 6.45) is -1.60. The van der Waals surface area contributed by atoms with Crippen LogP contribution in [0.25, 0.3) is 0 Å². The maximum Gasteiger partial charge on any atom is 0.266 e. The predicted octanol–water partition coefficient (Wildman–Crippen LogP) is 3.90. The molecule has 0 unspecified atom stereocenters. The van der Waals surface area contributed by atoms with Gasteiger partial charge in [0.1, 0.15) is 0 Å². The third-order valence-electron chi connectivity index (χ3n) is 1.49. The van der Waals surface area contributed by atoms with Crippen LogP contribution in [0.2, 0.25) is 10.0 Å². The van der Waals surface area contributed by atoms with Gasteiger partial charge in [-0.05, 0) is 12.1 Å². The summed E-state index contributed by atoms with van der Waals surface area (Å²) in [5.74, 6) is 0. The molecule has 0 aliphatic rings. The first-order chi connectivity index (χ1) is 6.57. The molecule has 0 aromatic heterocycles. The number of hydrogen-bond acceptors (Lipinski definition) is 2. The molecule has 0 amide bonds. The van der Waals surface area contributed by atoms with Crippen LogP contribution < -0.4 is 0 Å². The lowest BCUT2D eigenvalue weighted by molar-refractivity contribution is 0.151. The number of rotatable bonds is 2. The fraction of sp³-hybridized carbons (Fsp3) is 0.125. The molecule has 0 heterocycles. The molecule has 0 aliphatic carbocycles. The topological polar surface area (TPSA) is 29.4 Å². The Bertz CT molecular complexity index is 403. The SMILES string of the molecule is O=C=Nc1ccc(Cl)c(C(F)F)c1Cl. The Morgan fingerprint density at radius 3 is 2.50 bits per heavy atom. The first-order valence-electron chi connectivity index (χ1n) is 3.42. The van der Waals surface area contributed by atoms with E-state index in [1.165, 1.54) is 18.2 Å². The summed E-state index contributed by atoms with van der Waals surface area (Å²) in [6, 6.07) is 2.46. The molecule has 0 fully saturated rings. The number of halogens is 4. The Morgan fingerprint density at radius 1 is 1.36 bits per heavy atom. The van der Waals surface area contributed by atoms with Crippen LogP contribution >= 0.6 is 23.2 Å². The quantitative estimate of drug-likeness (QED) is 0.567. The number of isocyanates is 1. The highest BCUT2D eigenvalue weighted by Crippen LogP contribution is 2.38. The van der Waals surface area contributed by atoms with Crippen LogP contribution in [0.1, 0.15) is 12.0 Å². The minimum absolute atomic E-state index is 0.0682. The maximum atomic E-state index is 12.4. The minimum Gasteiger partial charge on any atom is -0.211 e. The van der Waals surface area contributed by atoms with Gasteiger partial charge in [-0.2, -0.15) is 4.99 Å². The van der Waals surface area contributed by atoms with Crippen molar-refractivity contribution < 1.29 is 13.6 Å². The van der Waals surface area contributed by atoms with Gasteiger partial charge < -0.3 is 0 Å². The second kappa shape index (κ2) is 4.51. The van der Waals surface area contributed by atoms with E-state index in [0.717, 1.165) is 0 Å². The fourth-order valence-electron chi connectivity index (χ4n) is 0.893. The Morgan fingerprint density at radius 2 is 2.00 bits per heavy atom. The summed E-state index contributed by atoms with van der Waals surface area (Å²) in [5.41, 5.74) is -0.591. The van der Waals surface area contributed by atoms with Crippen LogP contribution in [0.15, 0.2) is 17.1 Å². The third kappa shape index (κ3) is 2.10. The van der Waals surface area contributed by atoms with E-state index in [-0.39, 0.29) is 15.7 Å². The van der Waals surface area contributed by atoms with Crippen molar-refractivity contribution in [3.63, 3.8) is 0 Å². The van der Waals surface area contributed by atoms with Crippen LogP contribution in [0.3, 0.4) is 0 Å². The van der Waals surface area contributed by atoms with Crippen LogP contribution in [0.4, 0.5) is 14.5 Å². The normalized spacial score (nSPS) is 10.1. The van der Waals surface area contributed by atoms with E-state index in [1.807, 2.05) is 0 Å². The van der Waals surface area contributed by atoms with Gasteiger partial charge in [-0.1, -0.05) is 23.2 Å². The summed E-state index contributed by atoms with van der Waals surface area (Å²) in [6.45, 7) is 0. The number of aliphatic imine (C=N–C) groups is 1. The van der Waals surface area contributed by atoms with Crippen molar-refractivity contribution in [1.29, 1.82) is 0 Å². The Labute approximate surface area is 88.2 Å². The van der Waals surface area contributed by atoms with Gasteiger partial charge in [-0.15, -0.1) is 0 Å². The first kappa shape index (κ1) is 11.1. The van der Waals surface area contributed by atoms with Gasteiger partial charge in [-0.25, -0.2) is 13.6 Å². The fourth-order valence-corrected chi connectivity index (χ4v) is 1.47. The molecule has 1 aromatic carbocycles. The van der Waals surface area contributed by atoms with Crippen molar-refractivity contribution in [2.24, 2.45) is 4.99 Å². The van der Waals surface area contributed by atoms with Gasteiger partial charge in [-0.3, -0.25) is 0 Å². The molecule has 0 aliphatic heterocycles. The van der Waals surface area contributed by atoms with E-state index >= 15 is 0 Å². The van der Waals surface area contributed by atoms with Gasteiger partial charge in [0.15, 0.2) is 0 Å². The second-order valence-corrected chi connectivity index (χ2v) is 3.08. The van der Waals surface area contributed by atoms with Gasteiger partial charge in [0.2, 0.25) is 6.08 Å². The van der Waals surface area contributed by atoms with Crippen LogP contribution in [-0.4, -0.2) is 6.08 Å². The summed E-state index contributed by atoms with van der Waals surface area (Å²) < 4.78 is 24.8. The zero-order valence-corrected chi connectivity index (χ0v) is 8.11. The zero-order chi connectivity index (χ0) is 10.7. The van der Waals surface area contributed by atoms with Gasteiger partial charge >= 0.3 is 0 Å². The van der Waals surface area contributed by atoms with Gasteiger partial charge in [0.05, 0.1) is 21.3 Å². The molecule has 0 saturated carbocycles. The van der Waals surface area contributed by atoms with Crippen molar-refractivity contribution >= 4 is 35.0 Å². The van der Waals surface area contributed by atoms with Gasteiger partial charge in [0.25, 0.3) is 6.43 Å². The largest absolute Gasteiger partial charge is 0.266 e. The highest BCUT2D eigenvalue weighted by atomic mass is 35.5. The molecule has 14 heavy (non-hydrogen) atoms. The first-order valence-corrected chi connectivity index (χ1v) is 4.17. The van der Waals surface area contributed by atoms with Gasteiger partial charge in [0, 0.05) is 0 Å².